The molecule has 88 valence electrons. The van der Waals surface area contributed by atoms with E-state index < -0.39 is 0 Å². The van der Waals surface area contributed by atoms with Crippen molar-refractivity contribution < 1.29 is 9.53 Å². The quantitative estimate of drug-likeness (QED) is 0.815. The lowest BCUT2D eigenvalue weighted by atomic mass is 10.0. The van der Waals surface area contributed by atoms with Crippen LogP contribution in [0.15, 0.2) is 30.5 Å². The summed E-state index contributed by atoms with van der Waals surface area (Å²) in [4.78, 5) is 14.5. The van der Waals surface area contributed by atoms with Gasteiger partial charge in [-0.05, 0) is 18.1 Å². The van der Waals surface area contributed by atoms with Crippen LogP contribution >= 0.6 is 0 Å². The minimum atomic E-state index is -0.0268. The first-order valence-corrected chi connectivity index (χ1v) is 5.75. The Bertz CT molecular complexity index is 547. The number of para-hydroxylation sites is 1. The molecule has 1 amide bonds. The summed E-state index contributed by atoms with van der Waals surface area (Å²) in [6.07, 6.45) is 2.81. The second-order valence-electron chi connectivity index (χ2n) is 4.34. The molecule has 4 nitrogen and oxygen atoms in total. The third kappa shape index (κ3) is 2.03. The fourth-order valence-corrected chi connectivity index (χ4v) is 2.28. The number of morpholine rings is 1. The Kier molecular flexibility index (Phi) is 2.57. The second kappa shape index (κ2) is 4.22. The van der Waals surface area contributed by atoms with Crippen LogP contribution in [0, 0.1) is 0 Å². The fourth-order valence-electron chi connectivity index (χ4n) is 2.28. The lowest BCUT2D eigenvalue weighted by molar-refractivity contribution is -0.131. The molecule has 0 bridgehead atoms. The third-order valence-electron chi connectivity index (χ3n) is 3.06. The zero-order chi connectivity index (χ0) is 11.7. The highest BCUT2D eigenvalue weighted by molar-refractivity contribution is 5.83. The first kappa shape index (κ1) is 10.4. The molecule has 0 unspecified atom stereocenters. The van der Waals surface area contributed by atoms with E-state index in [1.54, 1.807) is 0 Å². The Balaban J connectivity index is 1.82. The number of aromatic nitrogens is 1. The zero-order valence-electron chi connectivity index (χ0n) is 9.40. The van der Waals surface area contributed by atoms with Gasteiger partial charge in [0.15, 0.2) is 0 Å². The Morgan fingerprint density at radius 3 is 3.12 bits per heavy atom. The number of ether oxygens (including phenoxy) is 1. The molecule has 0 radical (unpaired) electrons. The lowest BCUT2D eigenvalue weighted by Crippen LogP contribution is -2.46. The molecule has 1 atom stereocenters. The molecule has 2 aromatic rings. The molecule has 0 aliphatic carbocycles. The molecular formula is C13H14N2O2. The van der Waals surface area contributed by atoms with Gasteiger partial charge in [0.25, 0.3) is 0 Å². The van der Waals surface area contributed by atoms with E-state index in [9.17, 15) is 4.79 Å². The zero-order valence-corrected chi connectivity index (χ0v) is 9.40. The van der Waals surface area contributed by atoms with Gasteiger partial charge in [-0.1, -0.05) is 18.2 Å². The Morgan fingerprint density at radius 2 is 2.24 bits per heavy atom. The number of carbonyl (C=O) groups excluding carboxylic acids is 1. The van der Waals surface area contributed by atoms with E-state index in [4.69, 9.17) is 4.74 Å². The fraction of sp³-hybridized carbons (Fsp3) is 0.308. The summed E-state index contributed by atoms with van der Waals surface area (Å²) in [5, 5.41) is 4.16. The Morgan fingerprint density at radius 1 is 1.35 bits per heavy atom. The van der Waals surface area contributed by atoms with Crippen LogP contribution in [0.4, 0.5) is 0 Å². The van der Waals surface area contributed by atoms with Gasteiger partial charge < -0.3 is 15.0 Å². The highest BCUT2D eigenvalue weighted by Gasteiger charge is 2.19. The third-order valence-corrected chi connectivity index (χ3v) is 3.06. The standard InChI is InChI=1S/C13H14N2O2/c16-13-8-17-7-10(15-13)5-9-6-14-12-4-2-1-3-11(9)12/h1-4,6,10,14H,5,7-8H2,(H,15,16)/t10-/m0/s1. The first-order chi connectivity index (χ1) is 8.33. The number of amides is 1. The maximum absolute atomic E-state index is 11.2. The van der Waals surface area contributed by atoms with Crippen LogP contribution in [0.5, 0.6) is 0 Å². The van der Waals surface area contributed by atoms with E-state index in [2.05, 4.69) is 22.4 Å². The number of nitrogens with one attached hydrogen (secondary N) is 2. The van der Waals surface area contributed by atoms with Gasteiger partial charge >= 0.3 is 0 Å². The van der Waals surface area contributed by atoms with Crippen molar-refractivity contribution in [2.75, 3.05) is 13.2 Å². The molecule has 3 rings (SSSR count). The summed E-state index contributed by atoms with van der Waals surface area (Å²) in [7, 11) is 0. The summed E-state index contributed by atoms with van der Waals surface area (Å²) >= 11 is 0. The van der Waals surface area contributed by atoms with E-state index in [0.29, 0.717) is 6.61 Å². The monoisotopic (exact) mass is 230 g/mol. The van der Waals surface area contributed by atoms with Gasteiger partial charge in [0.2, 0.25) is 5.91 Å². The van der Waals surface area contributed by atoms with Crippen molar-refractivity contribution in [1.82, 2.24) is 10.3 Å². The van der Waals surface area contributed by atoms with Gasteiger partial charge in [0.05, 0.1) is 12.6 Å². The minimum absolute atomic E-state index is 0.0268. The van der Waals surface area contributed by atoms with E-state index in [1.807, 2.05) is 18.3 Å². The molecule has 1 aromatic heterocycles. The van der Waals surface area contributed by atoms with Gasteiger partial charge in [0, 0.05) is 17.1 Å². The van der Waals surface area contributed by atoms with Gasteiger partial charge in [0.1, 0.15) is 6.61 Å². The highest BCUT2D eigenvalue weighted by Crippen LogP contribution is 2.19. The Hall–Kier alpha value is -1.81. The van der Waals surface area contributed by atoms with Crippen molar-refractivity contribution in [3.8, 4) is 0 Å². The van der Waals surface area contributed by atoms with Gasteiger partial charge in [-0.25, -0.2) is 0 Å². The van der Waals surface area contributed by atoms with Crippen LogP contribution < -0.4 is 5.32 Å². The van der Waals surface area contributed by atoms with Crippen molar-refractivity contribution in [3.05, 3.63) is 36.0 Å². The molecular weight excluding hydrogens is 216 g/mol. The molecule has 1 aliphatic rings. The van der Waals surface area contributed by atoms with Crippen molar-refractivity contribution in [3.63, 3.8) is 0 Å². The summed E-state index contributed by atoms with van der Waals surface area (Å²) < 4.78 is 5.23. The van der Waals surface area contributed by atoms with E-state index >= 15 is 0 Å². The van der Waals surface area contributed by atoms with E-state index in [0.717, 1.165) is 11.9 Å². The number of fused-ring (bicyclic) bond motifs is 1. The number of aromatic amines is 1. The van der Waals surface area contributed by atoms with Crippen LogP contribution in [-0.4, -0.2) is 30.1 Å². The topological polar surface area (TPSA) is 54.1 Å². The smallest absolute Gasteiger partial charge is 0.246 e. The van der Waals surface area contributed by atoms with Crippen LogP contribution in [0.3, 0.4) is 0 Å². The molecule has 4 heteroatoms. The number of carbonyl (C=O) groups is 1. The predicted octanol–water partition coefficient (Wildman–Crippen LogP) is 1.23. The molecule has 0 spiro atoms. The van der Waals surface area contributed by atoms with Crippen molar-refractivity contribution in [2.45, 2.75) is 12.5 Å². The van der Waals surface area contributed by atoms with Gasteiger partial charge in [-0.3, -0.25) is 4.79 Å². The number of rotatable bonds is 2. The van der Waals surface area contributed by atoms with Crippen LogP contribution in [0.2, 0.25) is 0 Å². The van der Waals surface area contributed by atoms with Crippen LogP contribution in [0.1, 0.15) is 5.56 Å². The minimum Gasteiger partial charge on any atom is -0.369 e. The maximum Gasteiger partial charge on any atom is 0.246 e. The highest BCUT2D eigenvalue weighted by atomic mass is 16.5. The average molecular weight is 230 g/mol. The summed E-state index contributed by atoms with van der Waals surface area (Å²) in [5.41, 5.74) is 2.35. The van der Waals surface area contributed by atoms with E-state index in [-0.39, 0.29) is 18.6 Å². The molecule has 1 saturated heterocycles. The number of hydrogen-bond donors (Lipinski definition) is 2. The summed E-state index contributed by atoms with van der Waals surface area (Å²) in [6, 6.07) is 8.25. The lowest BCUT2D eigenvalue weighted by Gasteiger charge is -2.23. The molecule has 0 saturated carbocycles. The number of benzene rings is 1. The van der Waals surface area contributed by atoms with Crippen molar-refractivity contribution >= 4 is 16.8 Å². The van der Waals surface area contributed by atoms with E-state index in [1.165, 1.54) is 10.9 Å². The number of hydrogen-bond acceptors (Lipinski definition) is 2. The summed E-state index contributed by atoms with van der Waals surface area (Å²) in [6.45, 7) is 0.773. The SMILES string of the molecule is O=C1COC[C@H](Cc2c[nH]c3ccccc23)N1. The van der Waals surface area contributed by atoms with Gasteiger partial charge in [-0.15, -0.1) is 0 Å². The van der Waals surface area contributed by atoms with Crippen LogP contribution in [-0.2, 0) is 16.0 Å². The molecule has 2 N–H and O–H groups in total. The van der Waals surface area contributed by atoms with Crippen molar-refractivity contribution in [2.24, 2.45) is 0 Å². The predicted molar refractivity (Wildman–Crippen MR) is 64.8 cm³/mol. The maximum atomic E-state index is 11.2. The molecule has 17 heavy (non-hydrogen) atoms. The second-order valence-corrected chi connectivity index (χ2v) is 4.34. The largest absolute Gasteiger partial charge is 0.369 e. The van der Waals surface area contributed by atoms with Crippen molar-refractivity contribution in [1.29, 1.82) is 0 Å². The number of H-pyrrole nitrogens is 1. The van der Waals surface area contributed by atoms with Crippen LogP contribution in [0.25, 0.3) is 10.9 Å². The Labute approximate surface area is 99.0 Å². The average Bonchev–Trinajstić information content (AvgIpc) is 2.73. The van der Waals surface area contributed by atoms with Gasteiger partial charge in [-0.2, -0.15) is 0 Å². The summed E-state index contributed by atoms with van der Waals surface area (Å²) in [5.74, 6) is -0.0268. The molecule has 1 aliphatic heterocycles. The molecule has 1 fully saturated rings. The normalized spacial score (nSPS) is 20.5. The molecule has 1 aromatic carbocycles. The first-order valence-electron chi connectivity index (χ1n) is 5.75. The molecule has 2 heterocycles.